The van der Waals surface area contributed by atoms with Crippen molar-refractivity contribution in [3.8, 4) is 0 Å². The minimum atomic E-state index is -0.345. The molecule has 3 N–H and O–H groups in total. The molecule has 1 atom stereocenters. The van der Waals surface area contributed by atoms with Crippen LogP contribution in [0.1, 0.15) is 26.6 Å². The molecule has 0 aliphatic carbocycles. The summed E-state index contributed by atoms with van der Waals surface area (Å²) in [5, 5.41) is 16.2. The van der Waals surface area contributed by atoms with Gasteiger partial charge in [-0.25, -0.2) is 4.98 Å². The molecule has 0 aliphatic heterocycles. The number of aryl methyl sites for hydroxylation is 2. The fraction of sp³-hybridized carbons (Fsp3) is 0.294. The smallest absolute Gasteiger partial charge is 0.268 e. The highest BCUT2D eigenvalue weighted by Gasteiger charge is 2.17. The number of amides is 1. The first kappa shape index (κ1) is 15.7. The van der Waals surface area contributed by atoms with E-state index in [-0.39, 0.29) is 18.6 Å². The van der Waals surface area contributed by atoms with Crippen LogP contribution in [0.3, 0.4) is 0 Å². The largest absolute Gasteiger partial charge is 0.394 e. The number of hydrogen-bond donors (Lipinski definition) is 3. The predicted octanol–water partition coefficient (Wildman–Crippen LogP) is 2.57. The van der Waals surface area contributed by atoms with Crippen LogP contribution < -0.4 is 5.32 Å². The molecule has 0 radical (unpaired) electrons. The Balaban J connectivity index is 1.79. The summed E-state index contributed by atoms with van der Waals surface area (Å²) in [4.78, 5) is 19.8. The van der Waals surface area contributed by atoms with Gasteiger partial charge in [-0.05, 0) is 31.0 Å². The summed E-state index contributed by atoms with van der Waals surface area (Å²) in [7, 11) is 0. The Kier molecular flexibility index (Phi) is 4.45. The Morgan fingerprint density at radius 1 is 1.39 bits per heavy atom. The number of carbonyl (C=O) groups excluding carboxylic acids is 1. The molecule has 1 amide bonds. The number of fused-ring (bicyclic) bond motifs is 1. The lowest BCUT2D eigenvalue weighted by atomic mass is 10.1. The minimum Gasteiger partial charge on any atom is -0.394 e. The number of carbonyl (C=O) groups is 1. The zero-order chi connectivity index (χ0) is 16.4. The molecule has 0 saturated heterocycles. The van der Waals surface area contributed by atoms with Crippen molar-refractivity contribution in [2.24, 2.45) is 0 Å². The van der Waals surface area contributed by atoms with Crippen LogP contribution in [0.4, 0.5) is 0 Å². The molecule has 5 nitrogen and oxygen atoms in total. The molecule has 6 heteroatoms. The number of aliphatic hydroxyl groups is 1. The van der Waals surface area contributed by atoms with E-state index in [1.165, 1.54) is 11.3 Å². The summed E-state index contributed by atoms with van der Waals surface area (Å²) >= 11 is 1.52. The highest BCUT2D eigenvalue weighted by atomic mass is 32.1. The molecule has 0 fully saturated rings. The van der Waals surface area contributed by atoms with E-state index in [0.717, 1.165) is 27.0 Å². The molecule has 0 aliphatic rings. The predicted molar refractivity (Wildman–Crippen MR) is 91.9 cm³/mol. The van der Waals surface area contributed by atoms with E-state index >= 15 is 0 Å². The number of hydrogen-bond acceptors (Lipinski definition) is 4. The van der Waals surface area contributed by atoms with Crippen molar-refractivity contribution in [1.82, 2.24) is 15.3 Å². The third-order valence-electron chi connectivity index (χ3n) is 3.92. The van der Waals surface area contributed by atoms with Gasteiger partial charge in [-0.1, -0.05) is 12.1 Å². The molecule has 120 valence electrons. The monoisotopic (exact) mass is 329 g/mol. The van der Waals surface area contributed by atoms with Crippen molar-refractivity contribution < 1.29 is 9.90 Å². The highest BCUT2D eigenvalue weighted by molar-refractivity contribution is 7.09. The van der Waals surface area contributed by atoms with E-state index in [4.69, 9.17) is 0 Å². The Labute approximate surface area is 138 Å². The molecule has 3 aromatic rings. The Morgan fingerprint density at radius 2 is 2.17 bits per heavy atom. The molecule has 0 bridgehead atoms. The van der Waals surface area contributed by atoms with Gasteiger partial charge in [-0.3, -0.25) is 4.79 Å². The summed E-state index contributed by atoms with van der Waals surface area (Å²) in [5.74, 6) is -0.212. The standard InChI is InChI=1S/C17H19N3O2S/c1-10-3-4-11(2)16-13(10)8-14(20-16)17(22)19-12(9-21)7-15-18-5-6-23-15/h3-6,8,12,20-21H,7,9H2,1-2H3,(H,19,22). The fourth-order valence-electron chi connectivity index (χ4n) is 2.61. The lowest BCUT2D eigenvalue weighted by Crippen LogP contribution is -2.39. The average molecular weight is 329 g/mol. The number of nitrogens with zero attached hydrogens (tertiary/aromatic N) is 1. The molecule has 1 unspecified atom stereocenters. The van der Waals surface area contributed by atoms with Crippen LogP contribution in [0.5, 0.6) is 0 Å². The van der Waals surface area contributed by atoms with E-state index in [2.05, 4.69) is 15.3 Å². The number of H-pyrrole nitrogens is 1. The highest BCUT2D eigenvalue weighted by Crippen LogP contribution is 2.22. The van der Waals surface area contributed by atoms with Crippen LogP contribution in [0.2, 0.25) is 0 Å². The molecular weight excluding hydrogens is 310 g/mol. The molecule has 1 aromatic carbocycles. The number of nitrogens with one attached hydrogen (secondary N) is 2. The Bertz CT molecular complexity index is 785. The van der Waals surface area contributed by atoms with Crippen molar-refractivity contribution in [2.45, 2.75) is 26.3 Å². The molecule has 3 rings (SSSR count). The van der Waals surface area contributed by atoms with Crippen molar-refractivity contribution in [3.63, 3.8) is 0 Å². The third kappa shape index (κ3) is 3.28. The van der Waals surface area contributed by atoms with Crippen LogP contribution >= 0.6 is 11.3 Å². The molecule has 0 spiro atoms. The second-order valence-electron chi connectivity index (χ2n) is 5.65. The van der Waals surface area contributed by atoms with Gasteiger partial charge < -0.3 is 15.4 Å². The fourth-order valence-corrected chi connectivity index (χ4v) is 3.31. The molecule has 23 heavy (non-hydrogen) atoms. The molecule has 2 heterocycles. The number of benzene rings is 1. The van der Waals surface area contributed by atoms with Crippen LogP contribution in [-0.4, -0.2) is 33.6 Å². The Hall–Kier alpha value is -2.18. The topological polar surface area (TPSA) is 78.0 Å². The van der Waals surface area contributed by atoms with Crippen LogP contribution in [0, 0.1) is 13.8 Å². The first-order chi connectivity index (χ1) is 11.1. The molecule has 2 aromatic heterocycles. The van der Waals surface area contributed by atoms with Crippen LogP contribution in [0.25, 0.3) is 10.9 Å². The van der Waals surface area contributed by atoms with Gasteiger partial charge in [-0.2, -0.15) is 0 Å². The first-order valence-corrected chi connectivity index (χ1v) is 8.35. The number of aromatic amines is 1. The number of thiazole rings is 1. The number of aliphatic hydroxyl groups excluding tert-OH is 1. The van der Waals surface area contributed by atoms with Gasteiger partial charge in [0.1, 0.15) is 5.69 Å². The first-order valence-electron chi connectivity index (χ1n) is 7.47. The Morgan fingerprint density at radius 3 is 2.83 bits per heavy atom. The summed E-state index contributed by atoms with van der Waals surface area (Å²) in [6, 6.07) is 5.61. The van der Waals surface area contributed by atoms with E-state index in [1.54, 1.807) is 6.20 Å². The summed E-state index contributed by atoms with van der Waals surface area (Å²) in [5.41, 5.74) is 3.72. The van der Waals surface area contributed by atoms with E-state index in [9.17, 15) is 9.90 Å². The van der Waals surface area contributed by atoms with Crippen LogP contribution in [-0.2, 0) is 6.42 Å². The van der Waals surface area contributed by atoms with Gasteiger partial charge in [0.15, 0.2) is 0 Å². The average Bonchev–Trinajstić information content (AvgIpc) is 3.20. The van der Waals surface area contributed by atoms with E-state index in [1.807, 2.05) is 37.4 Å². The molecular formula is C17H19N3O2S. The van der Waals surface area contributed by atoms with Crippen LogP contribution in [0.15, 0.2) is 29.8 Å². The van der Waals surface area contributed by atoms with E-state index in [0.29, 0.717) is 12.1 Å². The van der Waals surface area contributed by atoms with Gasteiger partial charge in [0, 0.05) is 28.9 Å². The van der Waals surface area contributed by atoms with Gasteiger partial charge >= 0.3 is 0 Å². The maximum Gasteiger partial charge on any atom is 0.268 e. The lowest BCUT2D eigenvalue weighted by Gasteiger charge is -2.14. The molecule has 0 saturated carbocycles. The SMILES string of the molecule is Cc1ccc(C)c2[nH]c(C(=O)NC(CO)Cc3nccs3)cc12. The second kappa shape index (κ2) is 6.52. The third-order valence-corrected chi connectivity index (χ3v) is 4.73. The van der Waals surface area contributed by atoms with Crippen molar-refractivity contribution in [2.75, 3.05) is 6.61 Å². The lowest BCUT2D eigenvalue weighted by molar-refractivity contribution is 0.0912. The summed E-state index contributed by atoms with van der Waals surface area (Å²) in [6.07, 6.45) is 2.25. The van der Waals surface area contributed by atoms with Gasteiger partial charge in [-0.15, -0.1) is 11.3 Å². The minimum absolute atomic E-state index is 0.121. The maximum atomic E-state index is 12.5. The zero-order valence-electron chi connectivity index (χ0n) is 13.1. The van der Waals surface area contributed by atoms with Crippen molar-refractivity contribution in [3.05, 3.63) is 51.6 Å². The van der Waals surface area contributed by atoms with Crippen molar-refractivity contribution >= 4 is 28.1 Å². The summed E-state index contributed by atoms with van der Waals surface area (Å²) in [6.45, 7) is 3.92. The normalized spacial score (nSPS) is 12.5. The van der Waals surface area contributed by atoms with Crippen molar-refractivity contribution in [1.29, 1.82) is 0 Å². The summed E-state index contributed by atoms with van der Waals surface area (Å²) < 4.78 is 0. The maximum absolute atomic E-state index is 12.5. The van der Waals surface area contributed by atoms with Gasteiger partial charge in [0.05, 0.1) is 17.7 Å². The van der Waals surface area contributed by atoms with E-state index < -0.39 is 0 Å². The zero-order valence-corrected chi connectivity index (χ0v) is 13.9. The number of rotatable bonds is 5. The number of aromatic nitrogens is 2. The quantitative estimate of drug-likeness (QED) is 0.673. The van der Waals surface area contributed by atoms with Gasteiger partial charge in [0.2, 0.25) is 0 Å². The second-order valence-corrected chi connectivity index (χ2v) is 6.63. The van der Waals surface area contributed by atoms with Gasteiger partial charge in [0.25, 0.3) is 5.91 Å².